The molecule has 0 bridgehead atoms. The number of esters is 1. The highest BCUT2D eigenvalue weighted by Crippen LogP contribution is 2.17. The van der Waals surface area contributed by atoms with Crippen LogP contribution in [0.4, 0.5) is 0 Å². The summed E-state index contributed by atoms with van der Waals surface area (Å²) in [6.45, 7) is 0.477. The first-order valence-electron chi connectivity index (χ1n) is 5.08. The van der Waals surface area contributed by atoms with Crippen LogP contribution in [-0.2, 0) is 9.47 Å². The molecule has 0 aromatic heterocycles. The summed E-state index contributed by atoms with van der Waals surface area (Å²) in [5, 5.41) is 10.4. The van der Waals surface area contributed by atoms with Crippen LogP contribution in [0.15, 0.2) is 24.3 Å². The molecule has 17 heavy (non-hydrogen) atoms. The lowest BCUT2D eigenvalue weighted by Gasteiger charge is -2.16. The molecule has 0 saturated heterocycles. The number of benzene rings is 1. The molecule has 0 spiro atoms. The highest BCUT2D eigenvalue weighted by molar-refractivity contribution is 5.92. The summed E-state index contributed by atoms with van der Waals surface area (Å²) in [6.07, 6.45) is 0. The number of nitrogens with one attached hydrogen (secondary N) is 1. The van der Waals surface area contributed by atoms with Crippen LogP contribution in [-0.4, -0.2) is 33.3 Å². The molecule has 6 nitrogen and oxygen atoms in total. The van der Waals surface area contributed by atoms with E-state index >= 15 is 0 Å². The van der Waals surface area contributed by atoms with Gasteiger partial charge in [-0.3, -0.25) is 0 Å². The lowest BCUT2D eigenvalue weighted by Crippen LogP contribution is -3.06. The molecule has 0 heterocycles. The van der Waals surface area contributed by atoms with Crippen LogP contribution in [0, 0.1) is 5.21 Å². The van der Waals surface area contributed by atoms with Gasteiger partial charge in [-0.1, -0.05) is 12.1 Å². The molecular weight excluding hydrogens is 226 g/mol. The third-order valence-electron chi connectivity index (χ3n) is 1.88. The SMILES string of the molecule is COCCOC(=O)c1ccccc1O[NH+](C)[O-]. The molecule has 1 aromatic rings. The standard InChI is InChI=1S/C11H15NO5/c1-12(14)17-10-6-4-3-5-9(10)11(13)16-8-7-15-2/h3-6,12H,7-8H2,1-2H3. The molecule has 1 atom stereocenters. The van der Waals surface area contributed by atoms with Crippen molar-refractivity contribution in [1.82, 2.24) is 0 Å². The molecule has 6 heteroatoms. The van der Waals surface area contributed by atoms with Crippen molar-refractivity contribution in [3.8, 4) is 5.75 Å². The Hall–Kier alpha value is -1.63. The van der Waals surface area contributed by atoms with Crippen LogP contribution >= 0.6 is 0 Å². The van der Waals surface area contributed by atoms with Gasteiger partial charge in [0.2, 0.25) is 5.75 Å². The van der Waals surface area contributed by atoms with E-state index in [0.29, 0.717) is 6.61 Å². The topological polar surface area (TPSA) is 72.3 Å². The van der Waals surface area contributed by atoms with E-state index in [0.717, 1.165) is 0 Å². The van der Waals surface area contributed by atoms with E-state index < -0.39 is 11.2 Å². The summed E-state index contributed by atoms with van der Waals surface area (Å²) in [5.74, 6) is -0.346. The minimum absolute atomic E-state index is 0.156. The number of ether oxygens (including phenoxy) is 2. The number of hydrogen-bond donors (Lipinski definition) is 1. The van der Waals surface area contributed by atoms with Gasteiger partial charge in [0.1, 0.15) is 19.2 Å². The number of carbonyl (C=O) groups is 1. The Morgan fingerprint density at radius 1 is 1.35 bits per heavy atom. The van der Waals surface area contributed by atoms with E-state index in [9.17, 15) is 10.0 Å². The van der Waals surface area contributed by atoms with Gasteiger partial charge in [-0.2, -0.15) is 5.23 Å². The van der Waals surface area contributed by atoms with Gasteiger partial charge in [-0.05, 0) is 12.1 Å². The molecule has 94 valence electrons. The van der Waals surface area contributed by atoms with Gasteiger partial charge >= 0.3 is 5.97 Å². The van der Waals surface area contributed by atoms with Gasteiger partial charge in [0, 0.05) is 7.11 Å². The number of hydrogen-bond acceptors (Lipinski definition) is 5. The molecule has 1 aromatic carbocycles. The van der Waals surface area contributed by atoms with Crippen molar-refractivity contribution in [3.63, 3.8) is 0 Å². The Bertz CT molecular complexity index is 367. The summed E-state index contributed by atoms with van der Waals surface area (Å²) in [5.41, 5.74) is 0.221. The monoisotopic (exact) mass is 241 g/mol. The first-order chi connectivity index (χ1) is 8.15. The largest absolute Gasteiger partial charge is 0.591 e. The van der Waals surface area contributed by atoms with Gasteiger partial charge < -0.3 is 19.5 Å². The average molecular weight is 241 g/mol. The van der Waals surface area contributed by atoms with Crippen molar-refractivity contribution in [2.45, 2.75) is 0 Å². The minimum Gasteiger partial charge on any atom is -0.591 e. The number of quaternary nitrogens is 1. The first kappa shape index (κ1) is 13.4. The molecule has 0 amide bonds. The van der Waals surface area contributed by atoms with Crippen molar-refractivity contribution in [2.24, 2.45) is 0 Å². The second-order valence-corrected chi connectivity index (χ2v) is 3.22. The van der Waals surface area contributed by atoms with Crippen molar-refractivity contribution >= 4 is 5.97 Å². The highest BCUT2D eigenvalue weighted by Gasteiger charge is 2.15. The van der Waals surface area contributed by atoms with E-state index in [-0.39, 0.29) is 17.9 Å². The second-order valence-electron chi connectivity index (χ2n) is 3.22. The van der Waals surface area contributed by atoms with Crippen LogP contribution in [0.1, 0.15) is 10.4 Å². The van der Waals surface area contributed by atoms with Crippen LogP contribution in [0.2, 0.25) is 0 Å². The van der Waals surface area contributed by atoms with Crippen LogP contribution in [0.3, 0.4) is 0 Å². The predicted octanol–water partition coefficient (Wildman–Crippen LogP) is -0.204. The zero-order valence-corrected chi connectivity index (χ0v) is 9.76. The molecule has 0 fully saturated rings. The highest BCUT2D eigenvalue weighted by atomic mass is 16.9. The maximum atomic E-state index is 11.7. The Balaban J connectivity index is 2.71. The third kappa shape index (κ3) is 4.39. The molecule has 0 aliphatic carbocycles. The number of methoxy groups -OCH3 is 1. The fourth-order valence-corrected chi connectivity index (χ4v) is 1.17. The third-order valence-corrected chi connectivity index (χ3v) is 1.88. The maximum absolute atomic E-state index is 11.7. The minimum atomic E-state index is -0.543. The summed E-state index contributed by atoms with van der Waals surface area (Å²) in [7, 11) is 2.79. The number of hydroxylamine groups is 2. The molecule has 0 aliphatic rings. The van der Waals surface area contributed by atoms with Crippen LogP contribution < -0.4 is 10.1 Å². The fourth-order valence-electron chi connectivity index (χ4n) is 1.17. The molecular formula is C11H15NO5. The quantitative estimate of drug-likeness (QED) is 0.424. The van der Waals surface area contributed by atoms with Gasteiger partial charge in [0.05, 0.1) is 6.61 Å². The van der Waals surface area contributed by atoms with Gasteiger partial charge in [0.15, 0.2) is 0 Å². The summed E-state index contributed by atoms with van der Waals surface area (Å²) in [6, 6.07) is 6.41. The van der Waals surface area contributed by atoms with Gasteiger partial charge in [-0.25, -0.2) is 4.79 Å². The molecule has 1 unspecified atom stereocenters. The zero-order chi connectivity index (χ0) is 12.7. The van der Waals surface area contributed by atoms with E-state index in [1.807, 2.05) is 0 Å². The maximum Gasteiger partial charge on any atom is 0.342 e. The lowest BCUT2D eigenvalue weighted by atomic mass is 10.2. The predicted molar refractivity (Wildman–Crippen MR) is 59.5 cm³/mol. The van der Waals surface area contributed by atoms with E-state index in [4.69, 9.17) is 14.3 Å². The molecule has 1 N–H and O–H groups in total. The molecule has 0 saturated carbocycles. The lowest BCUT2D eigenvalue weighted by molar-refractivity contribution is -1.00. The number of carbonyl (C=O) groups excluding carboxylic acids is 1. The smallest absolute Gasteiger partial charge is 0.342 e. The van der Waals surface area contributed by atoms with E-state index in [2.05, 4.69) is 0 Å². The second kappa shape index (κ2) is 6.85. The molecule has 0 aliphatic heterocycles. The molecule has 0 radical (unpaired) electrons. The zero-order valence-electron chi connectivity index (χ0n) is 9.76. The first-order valence-corrected chi connectivity index (χ1v) is 5.08. The summed E-state index contributed by atoms with van der Waals surface area (Å²) < 4.78 is 9.70. The molecule has 1 rings (SSSR count). The fraction of sp³-hybridized carbons (Fsp3) is 0.364. The van der Waals surface area contributed by atoms with Gasteiger partial charge in [-0.15, -0.1) is 0 Å². The Morgan fingerprint density at radius 3 is 2.71 bits per heavy atom. The van der Waals surface area contributed by atoms with Crippen molar-refractivity contribution in [1.29, 1.82) is 0 Å². The van der Waals surface area contributed by atoms with E-state index in [1.165, 1.54) is 26.3 Å². The Kier molecular flexibility index (Phi) is 5.41. The van der Waals surface area contributed by atoms with Crippen molar-refractivity contribution in [2.75, 3.05) is 27.4 Å². The van der Waals surface area contributed by atoms with Crippen molar-refractivity contribution in [3.05, 3.63) is 35.0 Å². The van der Waals surface area contributed by atoms with Crippen molar-refractivity contribution < 1.29 is 24.3 Å². The number of para-hydroxylation sites is 1. The number of rotatable bonds is 6. The normalized spacial score (nSPS) is 11.9. The summed E-state index contributed by atoms with van der Waals surface area (Å²) >= 11 is 0. The Morgan fingerprint density at radius 2 is 2.06 bits per heavy atom. The summed E-state index contributed by atoms with van der Waals surface area (Å²) in [4.78, 5) is 16.6. The van der Waals surface area contributed by atoms with Crippen LogP contribution in [0.25, 0.3) is 0 Å². The average Bonchev–Trinajstić information content (AvgIpc) is 2.29. The van der Waals surface area contributed by atoms with E-state index in [1.54, 1.807) is 12.1 Å². The van der Waals surface area contributed by atoms with Gasteiger partial charge in [0.25, 0.3) is 0 Å². The Labute approximate surface area is 99.2 Å². The van der Waals surface area contributed by atoms with Crippen LogP contribution in [0.5, 0.6) is 5.75 Å².